The highest BCUT2D eigenvalue weighted by Gasteiger charge is 2.45. The lowest BCUT2D eigenvalue weighted by Crippen LogP contribution is -2.53. The fraction of sp³-hybridized carbons (Fsp3) is 0.500. The Morgan fingerprint density at radius 2 is 1.96 bits per heavy atom. The van der Waals surface area contributed by atoms with E-state index in [0.717, 1.165) is 6.42 Å². The number of carbonyl (C=O) groups is 2. The summed E-state index contributed by atoms with van der Waals surface area (Å²) in [6, 6.07) is 5.16. The summed E-state index contributed by atoms with van der Waals surface area (Å²) in [6.45, 7) is 2.95. The van der Waals surface area contributed by atoms with Crippen LogP contribution in [-0.2, 0) is 19.6 Å². The highest BCUT2D eigenvalue weighted by Crippen LogP contribution is 2.38. The van der Waals surface area contributed by atoms with Crippen LogP contribution in [-0.4, -0.2) is 44.2 Å². The van der Waals surface area contributed by atoms with E-state index in [9.17, 15) is 18.0 Å². The molecule has 0 saturated carbocycles. The van der Waals surface area contributed by atoms with Gasteiger partial charge in [-0.3, -0.25) is 9.59 Å². The molecule has 1 spiro atoms. The lowest BCUT2D eigenvalue weighted by atomic mass is 9.76. The van der Waals surface area contributed by atoms with E-state index in [2.05, 4.69) is 5.32 Å². The minimum Gasteiger partial charge on any atom is -0.332 e. The predicted molar refractivity (Wildman–Crippen MR) is 105 cm³/mol. The number of nitrogens with one attached hydrogen (secondary N) is 1. The number of anilines is 1. The Bertz CT molecular complexity index is 956. The molecule has 7 nitrogen and oxygen atoms in total. The maximum atomic E-state index is 13.5. The van der Waals surface area contributed by atoms with Crippen molar-refractivity contribution < 1.29 is 18.0 Å². The third-order valence-electron chi connectivity index (χ3n) is 6.04. The Balaban J connectivity index is 1.67. The van der Waals surface area contributed by atoms with Gasteiger partial charge in [-0.05, 0) is 56.5 Å². The van der Waals surface area contributed by atoms with Crippen molar-refractivity contribution in [2.24, 2.45) is 5.41 Å². The molecule has 1 aromatic rings. The van der Waals surface area contributed by atoms with E-state index in [1.54, 1.807) is 36.2 Å². The van der Waals surface area contributed by atoms with Crippen LogP contribution in [0.3, 0.4) is 0 Å². The van der Waals surface area contributed by atoms with Crippen LogP contribution in [0.5, 0.6) is 0 Å². The van der Waals surface area contributed by atoms with E-state index in [1.807, 2.05) is 6.08 Å². The lowest BCUT2D eigenvalue weighted by Gasteiger charge is -2.41. The third-order valence-corrected chi connectivity index (χ3v) is 8.03. The zero-order valence-corrected chi connectivity index (χ0v) is 16.8. The molecule has 2 fully saturated rings. The second kappa shape index (κ2) is 7.00. The van der Waals surface area contributed by atoms with Gasteiger partial charge in [0, 0.05) is 31.7 Å². The molecule has 0 aromatic heterocycles. The number of benzene rings is 1. The number of hydrogen-bond acceptors (Lipinski definition) is 4. The summed E-state index contributed by atoms with van der Waals surface area (Å²) in [7, 11) is -3.77. The summed E-state index contributed by atoms with van der Waals surface area (Å²) in [5, 5.41) is 2.73. The molecule has 1 aromatic carbocycles. The van der Waals surface area contributed by atoms with Crippen LogP contribution in [0, 0.1) is 12.3 Å². The van der Waals surface area contributed by atoms with Crippen LogP contribution in [0.25, 0.3) is 0 Å². The van der Waals surface area contributed by atoms with E-state index in [0.29, 0.717) is 50.0 Å². The highest BCUT2D eigenvalue weighted by atomic mass is 32.2. The summed E-state index contributed by atoms with van der Waals surface area (Å²) in [5.74, 6) is -0.0853. The predicted octanol–water partition coefficient (Wildman–Crippen LogP) is 1.93. The molecular formula is C20H25N3O4S. The molecule has 150 valence electrons. The normalized spacial score (nSPS) is 26.1. The van der Waals surface area contributed by atoms with Gasteiger partial charge >= 0.3 is 0 Å². The van der Waals surface area contributed by atoms with Crippen molar-refractivity contribution in [3.05, 3.63) is 36.0 Å². The zero-order chi connectivity index (χ0) is 19.9. The van der Waals surface area contributed by atoms with Gasteiger partial charge in [-0.1, -0.05) is 12.1 Å². The Labute approximate surface area is 165 Å². The molecule has 3 aliphatic rings. The molecule has 4 rings (SSSR count). The first-order valence-electron chi connectivity index (χ1n) is 9.71. The maximum absolute atomic E-state index is 13.5. The number of aryl methyl sites for hydroxylation is 1. The molecule has 0 bridgehead atoms. The summed E-state index contributed by atoms with van der Waals surface area (Å²) in [6.07, 6.45) is 6.66. The largest absolute Gasteiger partial charge is 0.332 e. The maximum Gasteiger partial charge on any atom is 0.243 e. The molecule has 8 heteroatoms. The van der Waals surface area contributed by atoms with E-state index in [1.165, 1.54) is 4.31 Å². The van der Waals surface area contributed by atoms with Crippen LogP contribution >= 0.6 is 0 Å². The summed E-state index contributed by atoms with van der Waals surface area (Å²) in [5.41, 5.74) is 0.566. The van der Waals surface area contributed by atoms with Crippen molar-refractivity contribution in [3.63, 3.8) is 0 Å². The third kappa shape index (κ3) is 3.14. The number of nitrogens with zero attached hydrogens (tertiary/aromatic N) is 2. The lowest BCUT2D eigenvalue weighted by molar-refractivity contribution is -0.132. The fourth-order valence-electron chi connectivity index (χ4n) is 4.41. The molecule has 0 radical (unpaired) electrons. The number of carbonyl (C=O) groups excluding carboxylic acids is 2. The average Bonchev–Trinajstić information content (AvgIpc) is 3.11. The first-order valence-corrected chi connectivity index (χ1v) is 11.1. The topological polar surface area (TPSA) is 86.8 Å². The van der Waals surface area contributed by atoms with Crippen LogP contribution in [0.1, 0.15) is 37.7 Å². The first kappa shape index (κ1) is 19.1. The number of piperidine rings is 1. The van der Waals surface area contributed by atoms with E-state index in [-0.39, 0.29) is 23.3 Å². The van der Waals surface area contributed by atoms with Gasteiger partial charge in [-0.15, -0.1) is 0 Å². The van der Waals surface area contributed by atoms with Crippen LogP contribution in [0.15, 0.2) is 35.4 Å². The number of hydrogen-bond donors (Lipinski definition) is 1. The minimum absolute atomic E-state index is 0.0230. The summed E-state index contributed by atoms with van der Waals surface area (Å²) < 4.78 is 28.4. The van der Waals surface area contributed by atoms with Gasteiger partial charge in [-0.25, -0.2) is 8.42 Å². The van der Waals surface area contributed by atoms with E-state index < -0.39 is 15.4 Å². The summed E-state index contributed by atoms with van der Waals surface area (Å²) >= 11 is 0. The molecule has 1 atom stereocenters. The molecular weight excluding hydrogens is 378 g/mol. The van der Waals surface area contributed by atoms with Crippen molar-refractivity contribution in [1.29, 1.82) is 0 Å². The fourth-order valence-corrected chi connectivity index (χ4v) is 6.22. The van der Waals surface area contributed by atoms with E-state index in [4.69, 9.17) is 0 Å². The van der Waals surface area contributed by atoms with Gasteiger partial charge in [0.05, 0.1) is 10.3 Å². The van der Waals surface area contributed by atoms with Crippen molar-refractivity contribution >= 4 is 27.5 Å². The number of amides is 2. The first-order chi connectivity index (χ1) is 13.3. The van der Waals surface area contributed by atoms with Crippen molar-refractivity contribution in [3.8, 4) is 0 Å². The Hall–Kier alpha value is -2.19. The van der Waals surface area contributed by atoms with Crippen molar-refractivity contribution in [2.45, 2.75) is 43.9 Å². The Morgan fingerprint density at radius 3 is 2.68 bits per heavy atom. The van der Waals surface area contributed by atoms with E-state index >= 15 is 0 Å². The number of rotatable bonds is 3. The molecule has 3 heterocycles. The van der Waals surface area contributed by atoms with Crippen LogP contribution < -0.4 is 10.2 Å². The van der Waals surface area contributed by atoms with Crippen LogP contribution in [0.2, 0.25) is 0 Å². The van der Waals surface area contributed by atoms with Crippen LogP contribution in [0.4, 0.5) is 5.69 Å². The Morgan fingerprint density at radius 1 is 1.14 bits per heavy atom. The zero-order valence-electron chi connectivity index (χ0n) is 16.0. The molecule has 0 unspecified atom stereocenters. The minimum atomic E-state index is -3.77. The molecule has 28 heavy (non-hydrogen) atoms. The molecule has 2 amide bonds. The standard InChI is InChI=1S/C20H25N3O4S/c1-15-6-7-16(23-12-2-5-18(23)24)13-17(15)28(26,27)22-11-4-9-20(14-22)8-3-10-21-19(20)25/h3,6-7,10,13H,2,4-5,8-9,11-12,14H2,1H3,(H,21,25)/t20-/m1/s1. The molecule has 1 N–H and O–H groups in total. The Kier molecular flexibility index (Phi) is 4.79. The quantitative estimate of drug-likeness (QED) is 0.835. The van der Waals surface area contributed by atoms with Gasteiger partial charge in [0.25, 0.3) is 0 Å². The number of sulfonamides is 1. The van der Waals surface area contributed by atoms with Gasteiger partial charge in [0.2, 0.25) is 21.8 Å². The van der Waals surface area contributed by atoms with Gasteiger partial charge in [0.1, 0.15) is 0 Å². The molecule has 3 aliphatic heterocycles. The monoisotopic (exact) mass is 403 g/mol. The van der Waals surface area contributed by atoms with Gasteiger partial charge < -0.3 is 10.2 Å². The summed E-state index contributed by atoms with van der Waals surface area (Å²) in [4.78, 5) is 26.4. The highest BCUT2D eigenvalue weighted by molar-refractivity contribution is 7.89. The van der Waals surface area contributed by atoms with Crippen molar-refractivity contribution in [1.82, 2.24) is 9.62 Å². The molecule has 0 aliphatic carbocycles. The van der Waals surface area contributed by atoms with Gasteiger partial charge in [0.15, 0.2) is 0 Å². The average molecular weight is 404 g/mol. The van der Waals surface area contributed by atoms with Crippen molar-refractivity contribution in [2.75, 3.05) is 24.5 Å². The second-order valence-electron chi connectivity index (χ2n) is 7.90. The number of allylic oxidation sites excluding steroid dienone is 1. The SMILES string of the molecule is Cc1ccc(N2CCCC2=O)cc1S(=O)(=O)N1CCC[C@]2(CC=CNC2=O)C1. The van der Waals surface area contributed by atoms with Gasteiger partial charge in [-0.2, -0.15) is 4.31 Å². The smallest absolute Gasteiger partial charge is 0.243 e. The second-order valence-corrected chi connectivity index (χ2v) is 9.81. The molecule has 2 saturated heterocycles.